The summed E-state index contributed by atoms with van der Waals surface area (Å²) in [6.07, 6.45) is 1.77. The molecular weight excluding hydrogens is 442 g/mol. The number of hydrogen-bond donors (Lipinski definition) is 0. The van der Waals surface area contributed by atoms with Crippen molar-refractivity contribution in [2.24, 2.45) is 0 Å². The predicted molar refractivity (Wildman–Crippen MR) is 128 cm³/mol. The summed E-state index contributed by atoms with van der Waals surface area (Å²) >= 11 is 2.96. The molecule has 0 spiro atoms. The monoisotopic (exact) mass is 467 g/mol. The van der Waals surface area contributed by atoms with E-state index < -0.39 is 0 Å². The molecule has 0 atom stereocenters. The van der Waals surface area contributed by atoms with E-state index in [-0.39, 0.29) is 11.5 Å². The zero-order valence-electron chi connectivity index (χ0n) is 18.5. The molecule has 0 unspecified atom stereocenters. The van der Waals surface area contributed by atoms with Crippen molar-refractivity contribution in [3.8, 4) is 16.5 Å². The third kappa shape index (κ3) is 4.55. The van der Waals surface area contributed by atoms with Crippen LogP contribution in [0.1, 0.15) is 27.3 Å². The van der Waals surface area contributed by atoms with Crippen LogP contribution in [0.3, 0.4) is 0 Å². The minimum absolute atomic E-state index is 0.0595. The number of aryl methyl sites for hydroxylation is 2. The van der Waals surface area contributed by atoms with Gasteiger partial charge in [-0.15, -0.1) is 21.5 Å². The van der Waals surface area contributed by atoms with Gasteiger partial charge in [0.25, 0.3) is 0 Å². The molecule has 0 radical (unpaired) electrons. The Balaban J connectivity index is 1.56. The highest BCUT2D eigenvalue weighted by atomic mass is 32.2. The SMILES string of the molecule is COCCn1c(SCC(=O)c2cc(C)n(-c3nccs3)c2C)nnc1-c1cccc(C)c1. The Labute approximate surface area is 195 Å². The molecule has 7 nitrogen and oxygen atoms in total. The molecule has 3 heterocycles. The second-order valence-electron chi connectivity index (χ2n) is 7.47. The number of hydrogen-bond acceptors (Lipinski definition) is 7. The number of thioether (sulfide) groups is 1. The van der Waals surface area contributed by atoms with Crippen molar-refractivity contribution in [3.63, 3.8) is 0 Å². The molecule has 0 saturated carbocycles. The standard InChI is InChI=1S/C23H25N5O2S2/c1-15-6-5-7-18(12-15)21-25-26-23(27(21)9-10-30-4)32-14-20(29)19-13-16(2)28(17(19)3)22-24-8-11-31-22/h5-8,11-13H,9-10,14H2,1-4H3. The number of carbonyl (C=O) groups excluding carboxylic acids is 1. The van der Waals surface area contributed by atoms with Crippen molar-refractivity contribution in [2.45, 2.75) is 32.5 Å². The molecular formula is C23H25N5O2S2. The molecule has 1 aromatic carbocycles. The number of thiazole rings is 1. The van der Waals surface area contributed by atoms with Crippen molar-refractivity contribution >= 4 is 28.9 Å². The van der Waals surface area contributed by atoms with E-state index in [1.54, 1.807) is 24.6 Å². The lowest BCUT2D eigenvalue weighted by Crippen LogP contribution is -2.10. The van der Waals surface area contributed by atoms with Gasteiger partial charge in [0.05, 0.1) is 18.9 Å². The van der Waals surface area contributed by atoms with Gasteiger partial charge < -0.3 is 4.74 Å². The molecule has 0 aliphatic carbocycles. The number of carbonyl (C=O) groups is 1. The zero-order valence-corrected chi connectivity index (χ0v) is 20.2. The van der Waals surface area contributed by atoms with Crippen LogP contribution in [0, 0.1) is 20.8 Å². The van der Waals surface area contributed by atoms with E-state index >= 15 is 0 Å². The molecule has 3 aromatic heterocycles. The highest BCUT2D eigenvalue weighted by Crippen LogP contribution is 2.27. The van der Waals surface area contributed by atoms with Gasteiger partial charge in [-0.1, -0.05) is 35.5 Å². The summed E-state index contributed by atoms with van der Waals surface area (Å²) < 4.78 is 9.34. The van der Waals surface area contributed by atoms with Crippen molar-refractivity contribution in [3.05, 3.63) is 64.4 Å². The van der Waals surface area contributed by atoms with Crippen molar-refractivity contribution in [2.75, 3.05) is 19.5 Å². The van der Waals surface area contributed by atoms with Gasteiger partial charge in [-0.2, -0.15) is 0 Å². The fourth-order valence-electron chi connectivity index (χ4n) is 3.65. The van der Waals surface area contributed by atoms with Crippen LogP contribution in [0.5, 0.6) is 0 Å². The van der Waals surface area contributed by atoms with Crippen LogP contribution in [-0.4, -0.2) is 49.6 Å². The molecule has 0 amide bonds. The van der Waals surface area contributed by atoms with Gasteiger partial charge in [0, 0.05) is 41.2 Å². The second kappa shape index (κ2) is 9.81. The Kier molecular flexibility index (Phi) is 6.88. The van der Waals surface area contributed by atoms with E-state index in [0.29, 0.717) is 23.9 Å². The Morgan fingerprint density at radius 3 is 2.75 bits per heavy atom. The van der Waals surface area contributed by atoms with Crippen LogP contribution in [0.4, 0.5) is 0 Å². The largest absolute Gasteiger partial charge is 0.383 e. The number of benzene rings is 1. The van der Waals surface area contributed by atoms with Gasteiger partial charge in [0.1, 0.15) is 0 Å². The molecule has 0 N–H and O–H groups in total. The van der Waals surface area contributed by atoms with E-state index in [1.165, 1.54) is 11.8 Å². The van der Waals surface area contributed by atoms with Gasteiger partial charge in [0.2, 0.25) is 0 Å². The summed E-state index contributed by atoms with van der Waals surface area (Å²) in [5, 5.41) is 12.3. The van der Waals surface area contributed by atoms with Crippen molar-refractivity contribution < 1.29 is 9.53 Å². The smallest absolute Gasteiger partial charge is 0.193 e. The topological polar surface area (TPSA) is 74.8 Å². The van der Waals surface area contributed by atoms with Crippen LogP contribution in [-0.2, 0) is 11.3 Å². The molecule has 0 aliphatic heterocycles. The van der Waals surface area contributed by atoms with E-state index in [1.807, 2.05) is 46.6 Å². The molecule has 0 aliphatic rings. The second-order valence-corrected chi connectivity index (χ2v) is 9.28. The van der Waals surface area contributed by atoms with Crippen molar-refractivity contribution in [1.29, 1.82) is 0 Å². The average molecular weight is 468 g/mol. The molecule has 0 fully saturated rings. The summed E-state index contributed by atoms with van der Waals surface area (Å²) in [5.41, 5.74) is 4.77. The molecule has 0 bridgehead atoms. The number of nitrogens with zero attached hydrogens (tertiary/aromatic N) is 5. The number of ether oxygens (including phenoxy) is 1. The Morgan fingerprint density at radius 2 is 2.03 bits per heavy atom. The lowest BCUT2D eigenvalue weighted by molar-refractivity contribution is 0.102. The van der Waals surface area contributed by atoms with Gasteiger partial charge in [-0.05, 0) is 32.9 Å². The summed E-state index contributed by atoms with van der Waals surface area (Å²) in [6.45, 7) is 7.15. The van der Waals surface area contributed by atoms with Gasteiger partial charge in [0.15, 0.2) is 21.9 Å². The first kappa shape index (κ1) is 22.4. The Morgan fingerprint density at radius 1 is 1.19 bits per heavy atom. The number of ketones is 1. The maximum atomic E-state index is 13.1. The molecule has 166 valence electrons. The number of methoxy groups -OCH3 is 1. The van der Waals surface area contributed by atoms with Crippen molar-refractivity contribution in [1.82, 2.24) is 24.3 Å². The van der Waals surface area contributed by atoms with E-state index in [2.05, 4.69) is 34.2 Å². The lowest BCUT2D eigenvalue weighted by Gasteiger charge is -2.10. The van der Waals surface area contributed by atoms with Gasteiger partial charge in [-0.3, -0.25) is 13.9 Å². The quantitative estimate of drug-likeness (QED) is 0.261. The number of aromatic nitrogens is 5. The van der Waals surface area contributed by atoms with E-state index in [4.69, 9.17) is 4.74 Å². The highest BCUT2D eigenvalue weighted by Gasteiger charge is 2.20. The van der Waals surface area contributed by atoms with Crippen LogP contribution in [0.25, 0.3) is 16.5 Å². The van der Waals surface area contributed by atoms with E-state index in [9.17, 15) is 4.79 Å². The maximum Gasteiger partial charge on any atom is 0.193 e. The van der Waals surface area contributed by atoms with Gasteiger partial charge in [-0.25, -0.2) is 4.98 Å². The van der Waals surface area contributed by atoms with Crippen LogP contribution < -0.4 is 0 Å². The lowest BCUT2D eigenvalue weighted by atomic mass is 10.1. The van der Waals surface area contributed by atoms with Crippen LogP contribution >= 0.6 is 23.1 Å². The summed E-state index contributed by atoms with van der Waals surface area (Å²) in [6, 6.07) is 10.1. The van der Waals surface area contributed by atoms with Crippen LogP contribution in [0.15, 0.2) is 47.1 Å². The first-order chi connectivity index (χ1) is 15.5. The third-order valence-electron chi connectivity index (χ3n) is 5.19. The maximum absolute atomic E-state index is 13.1. The number of rotatable bonds is 9. The fourth-order valence-corrected chi connectivity index (χ4v) is 5.25. The molecule has 9 heteroatoms. The minimum atomic E-state index is 0.0595. The summed E-state index contributed by atoms with van der Waals surface area (Å²) in [4.78, 5) is 17.5. The fraction of sp³-hybridized carbons (Fsp3) is 0.304. The average Bonchev–Trinajstić information content (AvgIpc) is 3.50. The predicted octanol–water partition coefficient (Wildman–Crippen LogP) is 4.74. The molecule has 4 aromatic rings. The van der Waals surface area contributed by atoms with Gasteiger partial charge >= 0.3 is 0 Å². The summed E-state index contributed by atoms with van der Waals surface area (Å²) in [7, 11) is 1.67. The molecule has 0 saturated heterocycles. The highest BCUT2D eigenvalue weighted by molar-refractivity contribution is 7.99. The Bertz CT molecular complexity index is 1230. The molecule has 4 rings (SSSR count). The first-order valence-corrected chi connectivity index (χ1v) is 12.1. The Hall–Kier alpha value is -2.75. The number of Topliss-reactive ketones (excluding diaryl/α,β-unsaturated/α-hetero) is 1. The normalized spacial score (nSPS) is 11.2. The minimum Gasteiger partial charge on any atom is -0.383 e. The first-order valence-electron chi connectivity index (χ1n) is 10.2. The van der Waals surface area contributed by atoms with E-state index in [0.717, 1.165) is 33.5 Å². The molecule has 32 heavy (non-hydrogen) atoms. The summed E-state index contributed by atoms with van der Waals surface area (Å²) in [5.74, 6) is 1.12. The third-order valence-corrected chi connectivity index (χ3v) is 6.91. The zero-order chi connectivity index (χ0) is 22.7. The van der Waals surface area contributed by atoms with Crippen LogP contribution in [0.2, 0.25) is 0 Å².